The molecule has 12 atom stereocenters. The summed E-state index contributed by atoms with van der Waals surface area (Å²) < 4.78 is 22.6. The van der Waals surface area contributed by atoms with Crippen LogP contribution in [0.5, 0.6) is 0 Å². The predicted octanol–water partition coefficient (Wildman–Crippen LogP) is 7.94. The number of carbonyl (C=O) groups excluding carboxylic acids is 1. The van der Waals surface area contributed by atoms with E-state index >= 15 is 0 Å². The Balaban J connectivity index is 1.56. The SMILES string of the molecule is CCCCCCCCCC/C=C\CCCCCCCCCCCCCCCCCCCC(=O)NC(COC1OC(CO)C(OC2OC(CO)C(O)C(O)C2O)C(O)C1O)C(O)CCCCCC. The molecule has 0 aromatic rings. The van der Waals surface area contributed by atoms with Crippen LogP contribution in [0.3, 0.4) is 0 Å². The summed E-state index contributed by atoms with van der Waals surface area (Å²) in [5.41, 5.74) is 0. The highest BCUT2D eigenvalue weighted by Crippen LogP contribution is 2.30. The minimum Gasteiger partial charge on any atom is -0.394 e. The summed E-state index contributed by atoms with van der Waals surface area (Å²) in [7, 11) is 0. The first-order valence-electron chi connectivity index (χ1n) is 27.4. The lowest BCUT2D eigenvalue weighted by molar-refractivity contribution is -0.359. The van der Waals surface area contributed by atoms with Gasteiger partial charge in [0.05, 0.1) is 32.0 Å². The van der Waals surface area contributed by atoms with Gasteiger partial charge in [0, 0.05) is 6.42 Å². The van der Waals surface area contributed by atoms with Gasteiger partial charge in [-0.1, -0.05) is 193 Å². The first-order chi connectivity index (χ1) is 32.6. The molecule has 14 heteroatoms. The van der Waals surface area contributed by atoms with Crippen molar-refractivity contribution >= 4 is 5.91 Å². The third-order valence-electron chi connectivity index (χ3n) is 13.7. The number of ether oxygens (including phenoxy) is 4. The molecule has 0 spiro atoms. The van der Waals surface area contributed by atoms with Crippen LogP contribution in [0.4, 0.5) is 0 Å². The molecule has 12 unspecified atom stereocenters. The maximum atomic E-state index is 13.1. The molecule has 396 valence electrons. The largest absolute Gasteiger partial charge is 0.394 e. The lowest BCUT2D eigenvalue weighted by Gasteiger charge is -2.46. The van der Waals surface area contributed by atoms with E-state index in [0.29, 0.717) is 12.8 Å². The average molecular weight is 960 g/mol. The summed E-state index contributed by atoms with van der Waals surface area (Å²) in [4.78, 5) is 13.1. The molecule has 9 N–H and O–H groups in total. The number of hydrogen-bond acceptors (Lipinski definition) is 13. The lowest BCUT2D eigenvalue weighted by Crippen LogP contribution is -2.65. The predicted molar refractivity (Wildman–Crippen MR) is 263 cm³/mol. The summed E-state index contributed by atoms with van der Waals surface area (Å²) in [5, 5.41) is 86.3. The molecule has 2 fully saturated rings. The van der Waals surface area contributed by atoms with Crippen LogP contribution in [0.15, 0.2) is 12.2 Å². The van der Waals surface area contributed by atoms with Crippen molar-refractivity contribution in [2.45, 2.75) is 299 Å². The Hall–Kier alpha value is -1.27. The molecule has 2 saturated heterocycles. The number of amides is 1. The molecule has 2 aliphatic heterocycles. The molecular weight excluding hydrogens is 859 g/mol. The Morgan fingerprint density at radius 1 is 0.522 bits per heavy atom. The molecule has 0 bridgehead atoms. The Labute approximate surface area is 406 Å². The van der Waals surface area contributed by atoms with Gasteiger partial charge in [0.1, 0.15) is 48.8 Å². The summed E-state index contributed by atoms with van der Waals surface area (Å²) in [6, 6.07) is -0.820. The minimum atomic E-state index is -1.78. The normalized spacial score (nSPS) is 26.6. The fourth-order valence-electron chi connectivity index (χ4n) is 9.23. The van der Waals surface area contributed by atoms with Gasteiger partial charge in [-0.15, -0.1) is 0 Å². The zero-order valence-corrected chi connectivity index (χ0v) is 42.2. The molecule has 0 radical (unpaired) electrons. The molecule has 1 amide bonds. The zero-order chi connectivity index (χ0) is 48.9. The monoisotopic (exact) mass is 960 g/mol. The van der Waals surface area contributed by atoms with Crippen molar-refractivity contribution in [1.29, 1.82) is 0 Å². The smallest absolute Gasteiger partial charge is 0.220 e. The van der Waals surface area contributed by atoms with Crippen LogP contribution >= 0.6 is 0 Å². The van der Waals surface area contributed by atoms with Crippen molar-refractivity contribution in [2.24, 2.45) is 0 Å². The van der Waals surface area contributed by atoms with Crippen LogP contribution in [0.2, 0.25) is 0 Å². The van der Waals surface area contributed by atoms with Gasteiger partial charge in [-0.2, -0.15) is 0 Å². The third kappa shape index (κ3) is 27.2. The summed E-state index contributed by atoms with van der Waals surface area (Å²) in [5.74, 6) is -0.213. The molecule has 0 aliphatic carbocycles. The summed E-state index contributed by atoms with van der Waals surface area (Å²) >= 11 is 0. The van der Waals surface area contributed by atoms with E-state index in [9.17, 15) is 45.6 Å². The number of allylic oxidation sites excluding steroid dienone is 2. The number of nitrogens with one attached hydrogen (secondary N) is 1. The maximum Gasteiger partial charge on any atom is 0.220 e. The Morgan fingerprint density at radius 2 is 0.940 bits per heavy atom. The Morgan fingerprint density at radius 3 is 1.42 bits per heavy atom. The first kappa shape index (κ1) is 61.8. The number of carbonyl (C=O) groups is 1. The van der Waals surface area contributed by atoms with Gasteiger partial charge in [-0.05, 0) is 38.5 Å². The van der Waals surface area contributed by atoms with Gasteiger partial charge in [0.2, 0.25) is 5.91 Å². The van der Waals surface area contributed by atoms with Crippen molar-refractivity contribution in [3.8, 4) is 0 Å². The molecule has 2 aliphatic rings. The Kier molecular flexibility index (Phi) is 37.2. The maximum absolute atomic E-state index is 13.1. The number of aliphatic hydroxyl groups excluding tert-OH is 8. The van der Waals surface area contributed by atoms with Gasteiger partial charge in [0.15, 0.2) is 12.6 Å². The second kappa shape index (κ2) is 40.3. The van der Waals surface area contributed by atoms with Crippen molar-refractivity contribution in [3.63, 3.8) is 0 Å². The van der Waals surface area contributed by atoms with Crippen LogP contribution in [-0.2, 0) is 23.7 Å². The highest BCUT2D eigenvalue weighted by molar-refractivity contribution is 5.76. The van der Waals surface area contributed by atoms with E-state index in [4.69, 9.17) is 18.9 Å². The molecule has 0 saturated carbocycles. The van der Waals surface area contributed by atoms with Gasteiger partial charge in [-0.25, -0.2) is 0 Å². The van der Waals surface area contributed by atoms with Gasteiger partial charge in [0.25, 0.3) is 0 Å². The van der Waals surface area contributed by atoms with E-state index in [1.807, 2.05) is 0 Å². The highest BCUT2D eigenvalue weighted by Gasteiger charge is 2.51. The van der Waals surface area contributed by atoms with E-state index < -0.39 is 86.8 Å². The fourth-order valence-corrected chi connectivity index (χ4v) is 9.23. The van der Waals surface area contributed by atoms with Crippen LogP contribution in [0.1, 0.15) is 226 Å². The highest BCUT2D eigenvalue weighted by atomic mass is 16.7. The number of unbranched alkanes of at least 4 members (excludes halogenated alkanes) is 28. The molecule has 2 rings (SSSR count). The van der Waals surface area contributed by atoms with Crippen LogP contribution in [0, 0.1) is 0 Å². The second-order valence-corrected chi connectivity index (χ2v) is 19.7. The van der Waals surface area contributed by atoms with E-state index in [1.165, 1.54) is 148 Å². The van der Waals surface area contributed by atoms with E-state index in [2.05, 4.69) is 31.3 Å². The topological polar surface area (TPSA) is 228 Å². The number of hydrogen-bond donors (Lipinski definition) is 9. The fraction of sp³-hybridized carbons (Fsp3) is 0.943. The number of rotatable bonds is 43. The Bertz CT molecular complexity index is 1180. The van der Waals surface area contributed by atoms with Crippen LogP contribution in [-0.4, -0.2) is 140 Å². The van der Waals surface area contributed by atoms with Gasteiger partial charge >= 0.3 is 0 Å². The van der Waals surface area contributed by atoms with E-state index in [0.717, 1.165) is 51.4 Å². The van der Waals surface area contributed by atoms with Crippen molar-refractivity contribution in [2.75, 3.05) is 19.8 Å². The first-order valence-corrected chi connectivity index (χ1v) is 27.4. The molecule has 14 nitrogen and oxygen atoms in total. The minimum absolute atomic E-state index is 0.213. The lowest BCUT2D eigenvalue weighted by atomic mass is 9.97. The van der Waals surface area contributed by atoms with Crippen molar-refractivity contribution in [3.05, 3.63) is 12.2 Å². The molecule has 67 heavy (non-hydrogen) atoms. The van der Waals surface area contributed by atoms with Crippen LogP contribution < -0.4 is 5.32 Å². The second-order valence-electron chi connectivity index (χ2n) is 19.7. The average Bonchev–Trinajstić information content (AvgIpc) is 3.33. The van der Waals surface area contributed by atoms with E-state index in [1.54, 1.807) is 0 Å². The quantitative estimate of drug-likeness (QED) is 0.0209. The van der Waals surface area contributed by atoms with Gasteiger partial charge < -0.3 is 65.1 Å². The molecule has 2 heterocycles. The molecule has 0 aromatic carbocycles. The molecule has 0 aromatic heterocycles. The van der Waals surface area contributed by atoms with Gasteiger partial charge in [-0.3, -0.25) is 4.79 Å². The summed E-state index contributed by atoms with van der Waals surface area (Å²) in [6.07, 6.45) is 27.6. The van der Waals surface area contributed by atoms with E-state index in [-0.39, 0.29) is 12.5 Å². The third-order valence-corrected chi connectivity index (χ3v) is 13.7. The summed E-state index contributed by atoms with van der Waals surface area (Å²) in [6.45, 7) is 2.73. The zero-order valence-electron chi connectivity index (χ0n) is 42.2. The van der Waals surface area contributed by atoms with Crippen molar-refractivity contribution in [1.82, 2.24) is 5.32 Å². The van der Waals surface area contributed by atoms with Crippen LogP contribution in [0.25, 0.3) is 0 Å². The van der Waals surface area contributed by atoms with Crippen molar-refractivity contribution < 1.29 is 64.6 Å². The molecular formula is C53H101NO13. The number of aliphatic hydroxyl groups is 8. The standard InChI is InChI=1S/C53H101NO13/c1-3-5-7-9-10-11-12-13-14-15-16-17-18-19-20-21-22-23-24-25-26-27-28-29-30-31-32-33-35-37-45(58)54-41(42(57)36-34-8-6-4-2)40-64-52-50(63)48(61)51(44(39-56)66-52)67-53-49(62)47(60)46(59)43(38-55)65-53/h15-16,41-44,46-53,55-57,59-63H,3-14,17-40H2,1-2H3,(H,54,58)/b16-15-.